The third kappa shape index (κ3) is 7.73. The first-order chi connectivity index (χ1) is 16.1. The summed E-state index contributed by atoms with van der Waals surface area (Å²) in [4.78, 5) is 31.5. The van der Waals surface area contributed by atoms with Crippen LogP contribution < -0.4 is 15.4 Å². The number of rotatable bonds is 7. The molecule has 178 valence electrons. The number of nitrogens with zero attached hydrogens (tertiary/aromatic N) is 2. The van der Waals surface area contributed by atoms with E-state index in [1.54, 1.807) is 36.4 Å². The second-order valence-corrected chi connectivity index (χ2v) is 8.63. The summed E-state index contributed by atoms with van der Waals surface area (Å²) in [5, 5.41) is 4.29. The number of hydrogen-bond donors (Lipinski definition) is 2. The van der Waals surface area contributed by atoms with E-state index >= 15 is 0 Å². The Hall–Kier alpha value is -3.12. The number of nitrogens with one attached hydrogen (secondary N) is 2. The largest absolute Gasteiger partial charge is 0.439 e. The molecule has 1 aromatic heterocycles. The quantitative estimate of drug-likeness (QED) is 0.272. The van der Waals surface area contributed by atoms with E-state index in [0.717, 1.165) is 16.5 Å². The predicted octanol–water partition coefficient (Wildman–Crippen LogP) is 6.05. The highest BCUT2D eigenvalue weighted by molar-refractivity contribution is 9.10. The maximum absolute atomic E-state index is 13.3. The Morgan fingerprint density at radius 2 is 1.74 bits per heavy atom. The number of imide groups is 1. The third-order valence-electron chi connectivity index (χ3n) is 4.21. The summed E-state index contributed by atoms with van der Waals surface area (Å²) in [6.45, 7) is 2.00. The summed E-state index contributed by atoms with van der Waals surface area (Å²) in [5.41, 5.74) is 0.361. The SMILES string of the molecule is CCc1ccc(NC(=O)NC(=O)CSc2nc(Oc3ccc(Br)cc3)cc(C(F)(F)F)n2)cc1. The number of aromatic nitrogens is 2. The van der Waals surface area contributed by atoms with Gasteiger partial charge in [0.2, 0.25) is 11.8 Å². The number of urea groups is 1. The molecule has 3 rings (SSSR count). The van der Waals surface area contributed by atoms with Gasteiger partial charge in [-0.15, -0.1) is 0 Å². The van der Waals surface area contributed by atoms with Gasteiger partial charge in [-0.3, -0.25) is 10.1 Å². The smallest absolute Gasteiger partial charge is 0.433 e. The van der Waals surface area contributed by atoms with Crippen LogP contribution in [0.1, 0.15) is 18.2 Å². The Balaban J connectivity index is 1.63. The normalized spacial score (nSPS) is 11.1. The molecule has 0 atom stereocenters. The Bertz CT molecular complexity index is 1160. The van der Waals surface area contributed by atoms with Crippen molar-refractivity contribution in [2.75, 3.05) is 11.1 Å². The molecule has 0 saturated carbocycles. The fourth-order valence-electron chi connectivity index (χ4n) is 2.57. The number of ether oxygens (including phenoxy) is 1. The molecule has 0 saturated heterocycles. The molecule has 0 radical (unpaired) electrons. The van der Waals surface area contributed by atoms with Gasteiger partial charge in [0, 0.05) is 16.2 Å². The average Bonchev–Trinajstić information content (AvgIpc) is 2.79. The lowest BCUT2D eigenvalue weighted by Crippen LogP contribution is -2.35. The molecular weight excluding hydrogens is 537 g/mol. The fourth-order valence-corrected chi connectivity index (χ4v) is 3.48. The molecule has 7 nitrogen and oxygen atoms in total. The van der Waals surface area contributed by atoms with E-state index < -0.39 is 23.8 Å². The van der Waals surface area contributed by atoms with Gasteiger partial charge in [0.15, 0.2) is 10.9 Å². The van der Waals surface area contributed by atoms with Crippen LogP contribution in [-0.2, 0) is 17.4 Å². The summed E-state index contributed by atoms with van der Waals surface area (Å²) in [7, 11) is 0. The highest BCUT2D eigenvalue weighted by Gasteiger charge is 2.34. The molecule has 2 N–H and O–H groups in total. The van der Waals surface area contributed by atoms with Crippen molar-refractivity contribution >= 4 is 45.3 Å². The van der Waals surface area contributed by atoms with Gasteiger partial charge < -0.3 is 10.1 Å². The number of alkyl halides is 3. The van der Waals surface area contributed by atoms with Crippen molar-refractivity contribution in [3.05, 3.63) is 70.3 Å². The van der Waals surface area contributed by atoms with Crippen molar-refractivity contribution in [3.8, 4) is 11.6 Å². The van der Waals surface area contributed by atoms with E-state index in [4.69, 9.17) is 4.74 Å². The highest BCUT2D eigenvalue weighted by Crippen LogP contribution is 2.32. The minimum absolute atomic E-state index is 0.271. The Morgan fingerprint density at radius 1 is 1.06 bits per heavy atom. The number of hydrogen-bond acceptors (Lipinski definition) is 6. The summed E-state index contributed by atoms with van der Waals surface area (Å²) in [6.07, 6.45) is -3.90. The van der Waals surface area contributed by atoms with Crippen molar-refractivity contribution in [3.63, 3.8) is 0 Å². The first kappa shape index (κ1) is 25.5. The fraction of sp³-hybridized carbons (Fsp3) is 0.182. The first-order valence-corrected chi connectivity index (χ1v) is 11.6. The highest BCUT2D eigenvalue weighted by atomic mass is 79.9. The van der Waals surface area contributed by atoms with Crippen molar-refractivity contribution in [2.24, 2.45) is 0 Å². The monoisotopic (exact) mass is 554 g/mol. The molecule has 0 fully saturated rings. The van der Waals surface area contributed by atoms with Gasteiger partial charge >= 0.3 is 12.2 Å². The van der Waals surface area contributed by atoms with Crippen LogP contribution in [0.2, 0.25) is 0 Å². The zero-order valence-corrected chi connectivity index (χ0v) is 20.1. The second-order valence-electron chi connectivity index (χ2n) is 6.77. The third-order valence-corrected chi connectivity index (χ3v) is 5.59. The summed E-state index contributed by atoms with van der Waals surface area (Å²) in [5.74, 6) is -1.18. The lowest BCUT2D eigenvalue weighted by Gasteiger charge is -2.11. The van der Waals surface area contributed by atoms with E-state index in [-0.39, 0.29) is 22.5 Å². The van der Waals surface area contributed by atoms with Gasteiger partial charge in [-0.05, 0) is 48.4 Å². The number of aryl methyl sites for hydroxylation is 1. The van der Waals surface area contributed by atoms with E-state index in [9.17, 15) is 22.8 Å². The van der Waals surface area contributed by atoms with Gasteiger partial charge in [-0.1, -0.05) is 46.7 Å². The van der Waals surface area contributed by atoms with Gasteiger partial charge in [0.05, 0.1) is 5.75 Å². The van der Waals surface area contributed by atoms with Crippen LogP contribution in [0.4, 0.5) is 23.7 Å². The molecule has 34 heavy (non-hydrogen) atoms. The van der Waals surface area contributed by atoms with Crippen LogP contribution in [0.3, 0.4) is 0 Å². The zero-order chi connectivity index (χ0) is 24.7. The predicted molar refractivity (Wildman–Crippen MR) is 125 cm³/mol. The van der Waals surface area contributed by atoms with E-state index in [1.807, 2.05) is 19.1 Å². The Kier molecular flexibility index (Phi) is 8.51. The average molecular weight is 555 g/mol. The number of benzene rings is 2. The minimum Gasteiger partial charge on any atom is -0.439 e. The second kappa shape index (κ2) is 11.3. The lowest BCUT2D eigenvalue weighted by molar-refractivity contribution is -0.141. The van der Waals surface area contributed by atoms with Crippen molar-refractivity contribution in [1.29, 1.82) is 0 Å². The molecule has 3 amide bonds. The van der Waals surface area contributed by atoms with Crippen LogP contribution in [0.15, 0.2) is 64.2 Å². The van der Waals surface area contributed by atoms with Gasteiger partial charge in [0.1, 0.15) is 5.75 Å². The molecule has 2 aromatic carbocycles. The van der Waals surface area contributed by atoms with Crippen LogP contribution in [0.5, 0.6) is 11.6 Å². The van der Waals surface area contributed by atoms with E-state index in [1.165, 1.54) is 0 Å². The van der Waals surface area contributed by atoms with E-state index in [0.29, 0.717) is 23.5 Å². The van der Waals surface area contributed by atoms with Crippen LogP contribution in [0.25, 0.3) is 0 Å². The van der Waals surface area contributed by atoms with Gasteiger partial charge in [-0.2, -0.15) is 18.2 Å². The lowest BCUT2D eigenvalue weighted by atomic mass is 10.1. The van der Waals surface area contributed by atoms with E-state index in [2.05, 4.69) is 36.5 Å². The first-order valence-electron chi connectivity index (χ1n) is 9.84. The van der Waals surface area contributed by atoms with Crippen molar-refractivity contribution in [1.82, 2.24) is 15.3 Å². The van der Waals surface area contributed by atoms with Crippen molar-refractivity contribution in [2.45, 2.75) is 24.7 Å². The number of carbonyl (C=O) groups excluding carboxylic acids is 2. The summed E-state index contributed by atoms with van der Waals surface area (Å²) < 4.78 is 46.0. The Morgan fingerprint density at radius 3 is 2.35 bits per heavy atom. The van der Waals surface area contributed by atoms with Crippen LogP contribution >= 0.6 is 27.7 Å². The van der Waals surface area contributed by atoms with Gasteiger partial charge in [0.25, 0.3) is 0 Å². The standard InChI is InChI=1S/C22H18BrF3N4O3S/c1-2-13-3-7-15(8-4-13)27-20(32)29-18(31)12-34-21-28-17(22(24,25)26)11-19(30-21)33-16-9-5-14(23)6-10-16/h3-11H,2,12H2,1H3,(H2,27,29,31,32). The molecule has 12 heteroatoms. The topological polar surface area (TPSA) is 93.2 Å². The Labute approximate surface area is 205 Å². The molecule has 0 spiro atoms. The summed E-state index contributed by atoms with van der Waals surface area (Å²) >= 11 is 3.89. The molecule has 1 heterocycles. The van der Waals surface area contributed by atoms with Gasteiger partial charge in [-0.25, -0.2) is 9.78 Å². The number of thioether (sulfide) groups is 1. The van der Waals surface area contributed by atoms with Crippen molar-refractivity contribution < 1.29 is 27.5 Å². The molecule has 0 aliphatic carbocycles. The summed E-state index contributed by atoms with van der Waals surface area (Å²) in [6, 6.07) is 13.4. The molecular formula is C22H18BrF3N4O3S. The maximum atomic E-state index is 13.3. The molecule has 0 bridgehead atoms. The molecule has 3 aromatic rings. The van der Waals surface area contributed by atoms with Crippen LogP contribution in [0, 0.1) is 0 Å². The minimum atomic E-state index is -4.74. The number of anilines is 1. The number of amides is 3. The molecule has 0 aliphatic rings. The maximum Gasteiger partial charge on any atom is 0.433 e. The van der Waals surface area contributed by atoms with Crippen LogP contribution in [-0.4, -0.2) is 27.7 Å². The molecule has 0 unspecified atom stereocenters. The number of halogens is 4. The number of carbonyl (C=O) groups is 2. The zero-order valence-electron chi connectivity index (χ0n) is 17.6. The molecule has 0 aliphatic heterocycles.